The molecule has 1 aliphatic rings. The Kier molecular flexibility index (Phi) is 7.09. The standard InChI is InChI=1S/C14H28N2O2/c1-4-7-8-12-9-13(15-5-2)11-16(10-12)14(17)18-6-3/h12-13,15H,4-11H2,1-3H3. The Morgan fingerprint density at radius 3 is 2.72 bits per heavy atom. The van der Waals surface area contributed by atoms with Gasteiger partial charge in [-0.25, -0.2) is 4.79 Å². The van der Waals surface area contributed by atoms with Crippen molar-refractivity contribution in [3.05, 3.63) is 0 Å². The molecular weight excluding hydrogens is 228 g/mol. The summed E-state index contributed by atoms with van der Waals surface area (Å²) in [5, 5.41) is 3.47. The van der Waals surface area contributed by atoms with Crippen LogP contribution in [-0.4, -0.2) is 43.3 Å². The Labute approximate surface area is 111 Å². The number of rotatable bonds is 6. The van der Waals surface area contributed by atoms with Gasteiger partial charge in [0.05, 0.1) is 6.61 Å². The summed E-state index contributed by atoms with van der Waals surface area (Å²) >= 11 is 0. The number of likely N-dealkylation sites (N-methyl/N-ethyl adjacent to an activating group) is 1. The Hall–Kier alpha value is -0.770. The van der Waals surface area contributed by atoms with Gasteiger partial charge in [0.15, 0.2) is 0 Å². The summed E-state index contributed by atoms with van der Waals surface area (Å²) in [6.45, 7) is 9.26. The third-order valence-corrected chi connectivity index (χ3v) is 3.52. The van der Waals surface area contributed by atoms with E-state index < -0.39 is 0 Å². The van der Waals surface area contributed by atoms with E-state index in [2.05, 4.69) is 19.2 Å². The maximum Gasteiger partial charge on any atom is 0.409 e. The zero-order valence-corrected chi connectivity index (χ0v) is 12.1. The molecule has 4 nitrogen and oxygen atoms in total. The first-order valence-corrected chi connectivity index (χ1v) is 7.36. The quantitative estimate of drug-likeness (QED) is 0.794. The van der Waals surface area contributed by atoms with E-state index in [1.807, 2.05) is 11.8 Å². The zero-order valence-electron chi connectivity index (χ0n) is 12.1. The second-order valence-electron chi connectivity index (χ2n) is 5.10. The van der Waals surface area contributed by atoms with Crippen molar-refractivity contribution < 1.29 is 9.53 Å². The summed E-state index contributed by atoms with van der Waals surface area (Å²) in [5.74, 6) is 0.618. The van der Waals surface area contributed by atoms with Gasteiger partial charge in [0.1, 0.15) is 0 Å². The summed E-state index contributed by atoms with van der Waals surface area (Å²) < 4.78 is 5.12. The number of nitrogens with one attached hydrogen (secondary N) is 1. The van der Waals surface area contributed by atoms with E-state index in [0.29, 0.717) is 18.6 Å². The summed E-state index contributed by atoms with van der Waals surface area (Å²) in [6.07, 6.45) is 4.72. The summed E-state index contributed by atoms with van der Waals surface area (Å²) in [4.78, 5) is 13.7. The van der Waals surface area contributed by atoms with Crippen molar-refractivity contribution in [1.29, 1.82) is 0 Å². The maximum atomic E-state index is 11.8. The third-order valence-electron chi connectivity index (χ3n) is 3.52. The van der Waals surface area contributed by atoms with Gasteiger partial charge in [-0.05, 0) is 32.2 Å². The largest absolute Gasteiger partial charge is 0.450 e. The van der Waals surface area contributed by atoms with Crippen molar-refractivity contribution >= 4 is 6.09 Å². The van der Waals surface area contributed by atoms with Gasteiger partial charge in [0.2, 0.25) is 0 Å². The normalized spacial score (nSPS) is 24.1. The number of hydrogen-bond donors (Lipinski definition) is 1. The summed E-state index contributed by atoms with van der Waals surface area (Å²) in [7, 11) is 0. The fourth-order valence-corrected chi connectivity index (χ4v) is 2.71. The molecule has 4 heteroatoms. The second-order valence-corrected chi connectivity index (χ2v) is 5.10. The minimum atomic E-state index is -0.151. The van der Waals surface area contributed by atoms with Crippen molar-refractivity contribution in [1.82, 2.24) is 10.2 Å². The fourth-order valence-electron chi connectivity index (χ4n) is 2.71. The van der Waals surface area contributed by atoms with E-state index in [1.54, 1.807) is 0 Å². The Morgan fingerprint density at radius 2 is 2.11 bits per heavy atom. The molecule has 1 N–H and O–H groups in total. The molecule has 0 spiro atoms. The molecule has 0 radical (unpaired) electrons. The molecule has 106 valence electrons. The maximum absolute atomic E-state index is 11.8. The van der Waals surface area contributed by atoms with Crippen LogP contribution in [0.15, 0.2) is 0 Å². The van der Waals surface area contributed by atoms with Crippen molar-refractivity contribution in [2.75, 3.05) is 26.2 Å². The van der Waals surface area contributed by atoms with Crippen LogP contribution in [0.4, 0.5) is 4.79 Å². The first-order chi connectivity index (χ1) is 8.71. The number of piperidine rings is 1. The summed E-state index contributed by atoms with van der Waals surface area (Å²) in [6, 6.07) is 0.426. The van der Waals surface area contributed by atoms with Gasteiger partial charge in [-0.2, -0.15) is 0 Å². The van der Waals surface area contributed by atoms with Crippen molar-refractivity contribution in [3.8, 4) is 0 Å². The lowest BCUT2D eigenvalue weighted by Crippen LogP contribution is -2.51. The Morgan fingerprint density at radius 1 is 1.33 bits per heavy atom. The van der Waals surface area contributed by atoms with Crippen molar-refractivity contribution in [2.24, 2.45) is 5.92 Å². The van der Waals surface area contributed by atoms with Gasteiger partial charge < -0.3 is 15.0 Å². The Balaban J connectivity index is 2.52. The smallest absolute Gasteiger partial charge is 0.409 e. The number of hydrogen-bond acceptors (Lipinski definition) is 3. The molecule has 1 heterocycles. The molecule has 0 saturated carbocycles. The van der Waals surface area contributed by atoms with Gasteiger partial charge in [0, 0.05) is 19.1 Å². The van der Waals surface area contributed by atoms with E-state index in [-0.39, 0.29) is 6.09 Å². The summed E-state index contributed by atoms with van der Waals surface area (Å²) in [5.41, 5.74) is 0. The van der Waals surface area contributed by atoms with E-state index in [4.69, 9.17) is 4.74 Å². The van der Waals surface area contributed by atoms with Gasteiger partial charge in [-0.3, -0.25) is 0 Å². The topological polar surface area (TPSA) is 41.6 Å². The van der Waals surface area contributed by atoms with Crippen LogP contribution in [0.5, 0.6) is 0 Å². The fraction of sp³-hybridized carbons (Fsp3) is 0.929. The molecule has 0 aliphatic carbocycles. The lowest BCUT2D eigenvalue weighted by Gasteiger charge is -2.37. The van der Waals surface area contributed by atoms with Gasteiger partial charge in [-0.1, -0.05) is 26.7 Å². The van der Waals surface area contributed by atoms with Crippen LogP contribution in [0.1, 0.15) is 46.5 Å². The highest BCUT2D eigenvalue weighted by Gasteiger charge is 2.29. The molecule has 1 rings (SSSR count). The van der Waals surface area contributed by atoms with E-state index in [1.165, 1.54) is 25.7 Å². The van der Waals surface area contributed by atoms with Crippen LogP contribution >= 0.6 is 0 Å². The molecule has 1 amide bonds. The zero-order chi connectivity index (χ0) is 13.4. The molecule has 2 unspecified atom stereocenters. The van der Waals surface area contributed by atoms with E-state index >= 15 is 0 Å². The Bertz CT molecular complexity index is 246. The van der Waals surface area contributed by atoms with Crippen molar-refractivity contribution in [2.45, 2.75) is 52.5 Å². The van der Waals surface area contributed by atoms with Crippen LogP contribution in [0, 0.1) is 5.92 Å². The molecule has 0 aromatic rings. The molecule has 1 saturated heterocycles. The SMILES string of the molecule is CCCCC1CC(NCC)CN(C(=O)OCC)C1. The number of likely N-dealkylation sites (tertiary alicyclic amines) is 1. The third kappa shape index (κ3) is 4.84. The first-order valence-electron chi connectivity index (χ1n) is 7.36. The number of nitrogens with zero attached hydrogens (tertiary/aromatic N) is 1. The number of carbonyl (C=O) groups excluding carboxylic acids is 1. The van der Waals surface area contributed by atoms with Crippen LogP contribution in [0.2, 0.25) is 0 Å². The number of ether oxygens (including phenoxy) is 1. The van der Waals surface area contributed by atoms with Crippen LogP contribution < -0.4 is 5.32 Å². The number of amides is 1. The minimum absolute atomic E-state index is 0.151. The van der Waals surface area contributed by atoms with Crippen LogP contribution in [0.3, 0.4) is 0 Å². The molecule has 1 fully saturated rings. The van der Waals surface area contributed by atoms with Gasteiger partial charge in [0.25, 0.3) is 0 Å². The lowest BCUT2D eigenvalue weighted by molar-refractivity contribution is 0.0772. The monoisotopic (exact) mass is 256 g/mol. The number of unbranched alkanes of at least 4 members (excludes halogenated alkanes) is 1. The average molecular weight is 256 g/mol. The first kappa shape index (κ1) is 15.3. The second kappa shape index (κ2) is 8.35. The molecule has 0 bridgehead atoms. The molecule has 0 aromatic carbocycles. The van der Waals surface area contributed by atoms with Crippen LogP contribution in [0.25, 0.3) is 0 Å². The predicted molar refractivity (Wildman–Crippen MR) is 73.7 cm³/mol. The lowest BCUT2D eigenvalue weighted by atomic mass is 9.90. The molecule has 0 aromatic heterocycles. The van der Waals surface area contributed by atoms with Gasteiger partial charge >= 0.3 is 6.09 Å². The van der Waals surface area contributed by atoms with Crippen LogP contribution in [-0.2, 0) is 4.74 Å². The highest BCUT2D eigenvalue weighted by molar-refractivity contribution is 5.67. The van der Waals surface area contributed by atoms with E-state index in [9.17, 15) is 4.79 Å². The predicted octanol–water partition coefficient (Wildman–Crippen LogP) is 2.63. The highest BCUT2D eigenvalue weighted by atomic mass is 16.6. The molecule has 18 heavy (non-hydrogen) atoms. The minimum Gasteiger partial charge on any atom is -0.450 e. The number of carbonyl (C=O) groups is 1. The van der Waals surface area contributed by atoms with E-state index in [0.717, 1.165) is 19.6 Å². The molecule has 2 atom stereocenters. The average Bonchev–Trinajstić information content (AvgIpc) is 2.37. The molecular formula is C14H28N2O2. The van der Waals surface area contributed by atoms with Crippen molar-refractivity contribution in [3.63, 3.8) is 0 Å². The molecule has 1 aliphatic heterocycles. The highest BCUT2D eigenvalue weighted by Crippen LogP contribution is 2.22. The van der Waals surface area contributed by atoms with Gasteiger partial charge in [-0.15, -0.1) is 0 Å².